The molecule has 0 saturated carbocycles. The van der Waals surface area contributed by atoms with Gasteiger partial charge in [-0.3, -0.25) is 4.90 Å². The van der Waals surface area contributed by atoms with E-state index in [1.807, 2.05) is 7.05 Å². The zero-order valence-corrected chi connectivity index (χ0v) is 9.93. The minimum Gasteiger partial charge on any atom is -0.476 e. The number of nitrogens with zero attached hydrogens (tertiary/aromatic N) is 2. The van der Waals surface area contributed by atoms with E-state index in [9.17, 15) is 4.79 Å². The first-order chi connectivity index (χ1) is 7.54. The van der Waals surface area contributed by atoms with E-state index in [0.717, 1.165) is 12.8 Å². The average molecular weight is 226 g/mol. The number of rotatable bonds is 6. The molecule has 90 valence electrons. The minimum atomic E-state index is -1.06. The molecular weight excluding hydrogens is 208 g/mol. The van der Waals surface area contributed by atoms with Gasteiger partial charge in [0.1, 0.15) is 0 Å². The summed E-state index contributed by atoms with van der Waals surface area (Å²) in [6.07, 6.45) is 2.23. The molecule has 0 spiro atoms. The van der Waals surface area contributed by atoms with Gasteiger partial charge in [0.25, 0.3) is 0 Å². The number of hydrogen-bond acceptors (Lipinski definition) is 4. The quantitative estimate of drug-likeness (QED) is 0.803. The van der Waals surface area contributed by atoms with Crippen LogP contribution in [0, 0.1) is 0 Å². The van der Waals surface area contributed by atoms with Crippen LogP contribution >= 0.6 is 0 Å². The highest BCUT2D eigenvalue weighted by molar-refractivity contribution is 5.85. The van der Waals surface area contributed by atoms with E-state index in [1.165, 1.54) is 6.07 Å². The van der Waals surface area contributed by atoms with Crippen molar-refractivity contribution in [1.29, 1.82) is 0 Å². The largest absolute Gasteiger partial charge is 0.476 e. The molecule has 5 heteroatoms. The van der Waals surface area contributed by atoms with Crippen molar-refractivity contribution in [2.45, 2.75) is 39.3 Å². The lowest BCUT2D eigenvalue weighted by Gasteiger charge is -2.22. The molecule has 1 heterocycles. The van der Waals surface area contributed by atoms with Crippen molar-refractivity contribution in [1.82, 2.24) is 10.1 Å². The van der Waals surface area contributed by atoms with Crippen LogP contribution in [0.15, 0.2) is 10.6 Å². The first kappa shape index (κ1) is 12.7. The second-order valence-electron chi connectivity index (χ2n) is 4.04. The van der Waals surface area contributed by atoms with Gasteiger partial charge in [-0.05, 0) is 20.4 Å². The van der Waals surface area contributed by atoms with Gasteiger partial charge < -0.3 is 9.63 Å². The third kappa shape index (κ3) is 3.34. The summed E-state index contributed by atoms with van der Waals surface area (Å²) in [6, 6.07) is 1.92. The van der Waals surface area contributed by atoms with Crippen LogP contribution in [0.2, 0.25) is 0 Å². The van der Waals surface area contributed by atoms with Crippen molar-refractivity contribution < 1.29 is 14.4 Å². The minimum absolute atomic E-state index is 0.0356. The normalized spacial score (nSPS) is 13.0. The van der Waals surface area contributed by atoms with E-state index >= 15 is 0 Å². The van der Waals surface area contributed by atoms with Crippen LogP contribution in [-0.2, 0) is 6.54 Å². The number of hydrogen-bond donors (Lipinski definition) is 1. The maximum atomic E-state index is 10.6. The third-order valence-electron chi connectivity index (χ3n) is 2.64. The maximum Gasteiger partial charge on any atom is 0.358 e. The maximum absolute atomic E-state index is 10.6. The zero-order valence-electron chi connectivity index (χ0n) is 9.93. The van der Waals surface area contributed by atoms with Crippen LogP contribution in [0.5, 0.6) is 0 Å². The van der Waals surface area contributed by atoms with Gasteiger partial charge in [-0.15, -0.1) is 0 Å². The van der Waals surface area contributed by atoms with Crippen molar-refractivity contribution in [3.05, 3.63) is 17.5 Å². The molecule has 0 saturated heterocycles. The molecule has 0 aromatic carbocycles. The molecule has 16 heavy (non-hydrogen) atoms. The molecule has 0 amide bonds. The van der Waals surface area contributed by atoms with E-state index in [1.54, 1.807) is 0 Å². The Balaban J connectivity index is 2.55. The summed E-state index contributed by atoms with van der Waals surface area (Å²) in [6.45, 7) is 4.86. The summed E-state index contributed by atoms with van der Waals surface area (Å²) in [7, 11) is 1.99. The Morgan fingerprint density at radius 2 is 2.38 bits per heavy atom. The molecule has 1 atom stereocenters. The van der Waals surface area contributed by atoms with Gasteiger partial charge in [-0.25, -0.2) is 4.79 Å². The van der Waals surface area contributed by atoms with Gasteiger partial charge in [0.2, 0.25) is 0 Å². The predicted molar refractivity (Wildman–Crippen MR) is 59.3 cm³/mol. The molecule has 0 aliphatic heterocycles. The molecule has 0 fully saturated rings. The van der Waals surface area contributed by atoms with E-state index in [0.29, 0.717) is 18.3 Å². The van der Waals surface area contributed by atoms with Gasteiger partial charge in [0.15, 0.2) is 11.5 Å². The standard InChI is InChI=1S/C11H18N2O3/c1-4-5-8(2)13(3)7-9-6-10(11(14)15)12-16-9/h6,8H,4-5,7H2,1-3H3,(H,14,15). The predicted octanol–water partition coefficient (Wildman–Crippen LogP) is 1.99. The van der Waals surface area contributed by atoms with Crippen molar-refractivity contribution in [2.24, 2.45) is 0 Å². The SMILES string of the molecule is CCCC(C)N(C)Cc1cc(C(=O)O)no1. The number of aromatic carboxylic acids is 1. The summed E-state index contributed by atoms with van der Waals surface area (Å²) < 4.78 is 4.95. The fourth-order valence-electron chi connectivity index (χ4n) is 1.53. The molecule has 1 rings (SSSR count). The third-order valence-corrected chi connectivity index (χ3v) is 2.64. The molecule has 0 bridgehead atoms. The molecule has 0 aliphatic rings. The Hall–Kier alpha value is -1.36. The molecule has 1 aromatic heterocycles. The first-order valence-corrected chi connectivity index (χ1v) is 5.43. The van der Waals surface area contributed by atoms with Crippen LogP contribution < -0.4 is 0 Å². The highest BCUT2D eigenvalue weighted by atomic mass is 16.5. The first-order valence-electron chi connectivity index (χ1n) is 5.43. The molecule has 1 N–H and O–H groups in total. The molecular formula is C11H18N2O3. The average Bonchev–Trinajstić information content (AvgIpc) is 2.66. The van der Waals surface area contributed by atoms with Gasteiger partial charge >= 0.3 is 5.97 Å². The highest BCUT2D eigenvalue weighted by Crippen LogP contribution is 2.11. The second-order valence-corrected chi connectivity index (χ2v) is 4.04. The lowest BCUT2D eigenvalue weighted by molar-refractivity contribution is 0.0685. The van der Waals surface area contributed by atoms with Crippen LogP contribution in [0.1, 0.15) is 42.9 Å². The van der Waals surface area contributed by atoms with Gasteiger partial charge in [-0.2, -0.15) is 0 Å². The summed E-state index contributed by atoms with van der Waals surface area (Å²) >= 11 is 0. The summed E-state index contributed by atoms with van der Waals surface area (Å²) in [5, 5.41) is 12.2. The Bertz CT molecular complexity index is 349. The smallest absolute Gasteiger partial charge is 0.358 e. The summed E-state index contributed by atoms with van der Waals surface area (Å²) in [5.74, 6) is -0.470. The number of aromatic nitrogens is 1. The van der Waals surface area contributed by atoms with Crippen molar-refractivity contribution >= 4 is 5.97 Å². The fourth-order valence-corrected chi connectivity index (χ4v) is 1.53. The van der Waals surface area contributed by atoms with Crippen LogP contribution in [0.25, 0.3) is 0 Å². The van der Waals surface area contributed by atoms with Crippen molar-refractivity contribution in [3.8, 4) is 0 Å². The Morgan fingerprint density at radius 3 is 2.88 bits per heavy atom. The Kier molecular flexibility index (Phi) is 4.49. The molecule has 1 aromatic rings. The molecule has 5 nitrogen and oxygen atoms in total. The highest BCUT2D eigenvalue weighted by Gasteiger charge is 2.14. The van der Waals surface area contributed by atoms with Gasteiger partial charge in [-0.1, -0.05) is 18.5 Å². The summed E-state index contributed by atoms with van der Waals surface area (Å²) in [4.78, 5) is 12.7. The number of carbonyl (C=O) groups is 1. The van der Waals surface area contributed by atoms with E-state index in [4.69, 9.17) is 9.63 Å². The zero-order chi connectivity index (χ0) is 12.1. The lowest BCUT2D eigenvalue weighted by atomic mass is 10.1. The van der Waals surface area contributed by atoms with E-state index < -0.39 is 5.97 Å². The van der Waals surface area contributed by atoms with Gasteiger partial charge in [0, 0.05) is 12.1 Å². The van der Waals surface area contributed by atoms with Gasteiger partial charge in [0.05, 0.1) is 6.54 Å². The van der Waals surface area contributed by atoms with Crippen molar-refractivity contribution in [3.63, 3.8) is 0 Å². The van der Waals surface area contributed by atoms with Crippen LogP contribution in [0.4, 0.5) is 0 Å². The van der Waals surface area contributed by atoms with Crippen LogP contribution in [-0.4, -0.2) is 34.2 Å². The molecule has 0 radical (unpaired) electrons. The molecule has 0 aliphatic carbocycles. The number of carboxylic acid groups (broad SMARTS) is 1. The monoisotopic (exact) mass is 226 g/mol. The summed E-state index contributed by atoms with van der Waals surface area (Å²) in [5.41, 5.74) is -0.0356. The van der Waals surface area contributed by atoms with Crippen LogP contribution in [0.3, 0.4) is 0 Å². The van der Waals surface area contributed by atoms with E-state index in [-0.39, 0.29) is 5.69 Å². The molecule has 1 unspecified atom stereocenters. The topological polar surface area (TPSA) is 66.6 Å². The second kappa shape index (κ2) is 5.65. The Labute approximate surface area is 95.0 Å². The Morgan fingerprint density at radius 1 is 1.69 bits per heavy atom. The van der Waals surface area contributed by atoms with E-state index in [2.05, 4.69) is 23.9 Å². The lowest BCUT2D eigenvalue weighted by Crippen LogP contribution is -2.28. The number of carboxylic acids is 1. The van der Waals surface area contributed by atoms with Crippen molar-refractivity contribution in [2.75, 3.05) is 7.05 Å². The fraction of sp³-hybridized carbons (Fsp3) is 0.636.